The smallest absolute Gasteiger partial charge is 0.0273 e. The van der Waals surface area contributed by atoms with Crippen LogP contribution in [0.1, 0.15) is 11.1 Å². The molecule has 0 aliphatic carbocycles. The molecule has 0 atom stereocenters. The van der Waals surface area contributed by atoms with Crippen molar-refractivity contribution in [1.29, 1.82) is 0 Å². The van der Waals surface area contributed by atoms with Gasteiger partial charge in [0.2, 0.25) is 0 Å². The minimum atomic E-state index is 0. The van der Waals surface area contributed by atoms with Crippen molar-refractivity contribution in [2.45, 2.75) is 0 Å². The molecule has 2 heterocycles. The predicted octanol–water partition coefficient (Wildman–Crippen LogP) is 2.95. The monoisotopic (exact) mass is 392 g/mol. The largest absolute Gasteiger partial charge is 0.789 e. The zero-order valence-corrected chi connectivity index (χ0v) is 14.9. The molecular weight excluding hydrogens is 383 g/mol. The van der Waals surface area contributed by atoms with Gasteiger partial charge in [-0.3, -0.25) is 9.97 Å². The molecule has 114 valence electrons. The van der Waals surface area contributed by atoms with Crippen LogP contribution in [0.15, 0.2) is 59.9 Å². The van der Waals surface area contributed by atoms with Gasteiger partial charge in [0, 0.05) is 41.3 Å². The van der Waals surface area contributed by atoms with Gasteiger partial charge >= 0.3 is 0 Å². The third kappa shape index (κ3) is 7.64. The molecule has 2 nitrogen and oxygen atoms in total. The number of pyridine rings is 2. The van der Waals surface area contributed by atoms with E-state index in [4.69, 9.17) is 25.3 Å². The molecule has 0 fully saturated rings. The standard InChI is InChI=1S/2C7H7NS2.Ni/c2*9-5-7(10)6-1-3-8-4-2-6;/h2*1-5,9-10H;/p-4/b2*7-5-;. The molecule has 2 aromatic rings. The van der Waals surface area contributed by atoms with Crippen LogP contribution in [0.4, 0.5) is 0 Å². The first-order chi connectivity index (χ1) is 9.69. The molecule has 7 heteroatoms. The average molecular weight is 393 g/mol. The molecule has 0 unspecified atom stereocenters. The predicted molar refractivity (Wildman–Crippen MR) is 93.9 cm³/mol. The Hall–Kier alpha value is -0.846. The van der Waals surface area contributed by atoms with Gasteiger partial charge in [0.1, 0.15) is 0 Å². The quantitative estimate of drug-likeness (QED) is 0.575. The van der Waals surface area contributed by atoms with Crippen LogP contribution in [-0.4, -0.2) is 9.97 Å². The van der Waals surface area contributed by atoms with Crippen molar-refractivity contribution in [3.05, 3.63) is 71.0 Å². The Morgan fingerprint density at radius 2 is 1.00 bits per heavy atom. The summed E-state index contributed by atoms with van der Waals surface area (Å²) in [5.74, 6) is 0. The van der Waals surface area contributed by atoms with E-state index in [2.05, 4.69) is 35.2 Å². The SMILES string of the molecule is [Ni].[S-]/C=C(\[S-])c1ccncc1.[S-]/C=C(\[S-])c1ccncc1. The second-order valence-corrected chi connectivity index (χ2v) is 4.79. The molecule has 0 bridgehead atoms. The summed E-state index contributed by atoms with van der Waals surface area (Å²) in [4.78, 5) is 9.09. The Kier molecular flexibility index (Phi) is 11.3. The molecule has 2 aromatic heterocycles. The van der Waals surface area contributed by atoms with Crippen molar-refractivity contribution in [2.75, 3.05) is 0 Å². The first kappa shape index (κ1) is 20.2. The van der Waals surface area contributed by atoms with Gasteiger partial charge in [0.25, 0.3) is 0 Å². The van der Waals surface area contributed by atoms with Crippen LogP contribution in [-0.2, 0) is 67.0 Å². The Labute approximate surface area is 157 Å². The first-order valence-corrected chi connectivity index (χ1v) is 7.24. The number of aromatic nitrogens is 2. The molecular formula is C14H10N2NiS4-4. The van der Waals surface area contributed by atoms with Crippen molar-refractivity contribution in [1.82, 2.24) is 9.97 Å². The van der Waals surface area contributed by atoms with Gasteiger partial charge < -0.3 is 50.5 Å². The van der Waals surface area contributed by atoms with Gasteiger partial charge in [0.15, 0.2) is 0 Å². The number of hydrogen-bond acceptors (Lipinski definition) is 6. The maximum Gasteiger partial charge on any atom is 0.0273 e. The van der Waals surface area contributed by atoms with E-state index in [1.807, 2.05) is 24.3 Å². The second-order valence-electron chi connectivity index (χ2n) is 3.44. The van der Waals surface area contributed by atoms with E-state index >= 15 is 0 Å². The minimum absolute atomic E-state index is 0. The number of rotatable bonds is 2. The maximum atomic E-state index is 4.93. The van der Waals surface area contributed by atoms with Crippen LogP contribution in [0, 0.1) is 0 Å². The van der Waals surface area contributed by atoms with Crippen molar-refractivity contribution in [3.63, 3.8) is 0 Å². The van der Waals surface area contributed by atoms with Crippen molar-refractivity contribution >= 4 is 60.3 Å². The zero-order valence-electron chi connectivity index (χ0n) is 10.6. The maximum absolute atomic E-state index is 4.93. The topological polar surface area (TPSA) is 25.8 Å². The van der Waals surface area contributed by atoms with Crippen LogP contribution in [0.3, 0.4) is 0 Å². The Bertz CT molecular complexity index is 521. The normalized spacial score (nSPS) is 10.9. The molecule has 0 radical (unpaired) electrons. The van der Waals surface area contributed by atoms with E-state index in [1.165, 1.54) is 10.8 Å². The van der Waals surface area contributed by atoms with Gasteiger partial charge in [0.05, 0.1) is 0 Å². The van der Waals surface area contributed by atoms with E-state index < -0.39 is 0 Å². The van der Waals surface area contributed by atoms with Gasteiger partial charge in [-0.05, 0) is 35.4 Å². The molecule has 0 saturated carbocycles. The summed E-state index contributed by atoms with van der Waals surface area (Å²) < 4.78 is 0. The van der Waals surface area contributed by atoms with Crippen molar-refractivity contribution in [3.8, 4) is 0 Å². The molecule has 0 aromatic carbocycles. The second kappa shape index (κ2) is 11.8. The molecule has 0 aliphatic rings. The Balaban J connectivity index is 0.000000364. The van der Waals surface area contributed by atoms with Crippen molar-refractivity contribution < 1.29 is 16.5 Å². The Morgan fingerprint density at radius 1 is 0.714 bits per heavy atom. The average Bonchev–Trinajstić information content (AvgIpc) is 2.55. The molecule has 2 rings (SSSR count). The molecule has 0 N–H and O–H groups in total. The van der Waals surface area contributed by atoms with E-state index in [0.717, 1.165) is 11.1 Å². The van der Waals surface area contributed by atoms with E-state index in [9.17, 15) is 0 Å². The summed E-state index contributed by atoms with van der Waals surface area (Å²) in [5, 5.41) is 2.98. The fraction of sp³-hybridized carbons (Fsp3) is 0. The fourth-order valence-corrected chi connectivity index (χ4v) is 1.71. The summed E-state index contributed by atoms with van der Waals surface area (Å²) in [6, 6.07) is 7.35. The number of nitrogens with zero attached hydrogens (tertiary/aromatic N) is 2. The van der Waals surface area contributed by atoms with Crippen molar-refractivity contribution in [2.24, 2.45) is 0 Å². The summed E-state index contributed by atoms with van der Waals surface area (Å²) >= 11 is 19.2. The summed E-state index contributed by atoms with van der Waals surface area (Å²) in [5.41, 5.74) is 1.92. The number of hydrogen-bond donors (Lipinski definition) is 0. The fourth-order valence-electron chi connectivity index (χ4n) is 1.17. The van der Waals surface area contributed by atoms with Gasteiger partial charge in [-0.1, -0.05) is 0 Å². The van der Waals surface area contributed by atoms with Crippen LogP contribution in [0.25, 0.3) is 9.81 Å². The molecule has 21 heavy (non-hydrogen) atoms. The molecule has 0 saturated heterocycles. The van der Waals surface area contributed by atoms with Gasteiger partial charge in [-0.15, -0.1) is 0 Å². The summed E-state index contributed by atoms with van der Waals surface area (Å²) in [6.07, 6.45) is 6.78. The van der Waals surface area contributed by atoms with Crippen LogP contribution >= 0.6 is 0 Å². The van der Waals surface area contributed by atoms with Crippen LogP contribution in [0.5, 0.6) is 0 Å². The van der Waals surface area contributed by atoms with Gasteiger partial charge in [-0.2, -0.15) is 9.81 Å². The molecule has 0 amide bonds. The molecule has 0 spiro atoms. The first-order valence-electron chi connectivity index (χ1n) is 5.48. The Morgan fingerprint density at radius 3 is 1.24 bits per heavy atom. The van der Waals surface area contributed by atoms with E-state index in [0.29, 0.717) is 9.81 Å². The van der Waals surface area contributed by atoms with E-state index in [1.54, 1.807) is 24.8 Å². The summed E-state index contributed by atoms with van der Waals surface area (Å²) in [7, 11) is 0. The molecule has 0 aliphatic heterocycles. The van der Waals surface area contributed by atoms with Crippen LogP contribution in [0.2, 0.25) is 0 Å². The van der Waals surface area contributed by atoms with E-state index in [-0.39, 0.29) is 16.5 Å². The zero-order chi connectivity index (χ0) is 14.8. The van der Waals surface area contributed by atoms with Gasteiger partial charge in [-0.25, -0.2) is 10.8 Å². The third-order valence-corrected chi connectivity index (χ3v) is 3.62. The third-order valence-electron chi connectivity index (χ3n) is 2.14. The van der Waals surface area contributed by atoms with Crippen LogP contribution < -0.4 is 0 Å². The summed E-state index contributed by atoms with van der Waals surface area (Å²) in [6.45, 7) is 0. The minimum Gasteiger partial charge on any atom is -0.789 e.